The van der Waals surface area contributed by atoms with Crippen LogP contribution in [0.4, 0.5) is 0 Å². The van der Waals surface area contributed by atoms with Gasteiger partial charge in [-0.1, -0.05) is 66.7 Å². The number of benzene rings is 3. The highest BCUT2D eigenvalue weighted by Crippen LogP contribution is 2.21. The molecule has 0 saturated carbocycles. The fourth-order valence-electron chi connectivity index (χ4n) is 3.39. The summed E-state index contributed by atoms with van der Waals surface area (Å²) < 4.78 is 2.24. The normalized spacial score (nSPS) is 10.6. The van der Waals surface area contributed by atoms with E-state index in [-0.39, 0.29) is 0 Å². The fourth-order valence-corrected chi connectivity index (χ4v) is 3.39. The molecule has 3 nitrogen and oxygen atoms in total. The topological polar surface area (TPSA) is 41.6 Å². The maximum Gasteiger partial charge on any atom is 0.106 e. The van der Waals surface area contributed by atoms with Crippen LogP contribution < -0.4 is 0 Å². The molecule has 0 aliphatic heterocycles. The Bertz CT molecular complexity index is 1100. The summed E-state index contributed by atoms with van der Waals surface area (Å²) in [5, 5.41) is 8.96. The predicted molar refractivity (Wildman–Crippen MR) is 112 cm³/mol. The van der Waals surface area contributed by atoms with E-state index in [0.717, 1.165) is 18.8 Å². The fraction of sp³-hybridized carbons (Fsp3) is 0.120. The van der Waals surface area contributed by atoms with Crippen LogP contribution in [0.3, 0.4) is 0 Å². The van der Waals surface area contributed by atoms with Gasteiger partial charge >= 0.3 is 0 Å². The summed E-state index contributed by atoms with van der Waals surface area (Å²) in [6.45, 7) is 2.79. The second-order valence-electron chi connectivity index (χ2n) is 6.93. The van der Waals surface area contributed by atoms with Crippen molar-refractivity contribution in [2.24, 2.45) is 0 Å². The number of nitrogens with zero attached hydrogens (tertiary/aromatic N) is 3. The molecule has 0 unspecified atom stereocenters. The van der Waals surface area contributed by atoms with Gasteiger partial charge in [-0.15, -0.1) is 0 Å². The molecule has 0 aliphatic carbocycles. The van der Waals surface area contributed by atoms with Gasteiger partial charge in [0, 0.05) is 24.9 Å². The molecule has 28 heavy (non-hydrogen) atoms. The van der Waals surface area contributed by atoms with Gasteiger partial charge in [-0.3, -0.25) is 0 Å². The van der Waals surface area contributed by atoms with Crippen molar-refractivity contribution in [3.05, 3.63) is 113 Å². The van der Waals surface area contributed by atoms with Crippen LogP contribution in [0.1, 0.15) is 28.2 Å². The van der Waals surface area contributed by atoms with E-state index in [1.54, 1.807) is 0 Å². The van der Waals surface area contributed by atoms with Gasteiger partial charge in [-0.2, -0.15) is 5.26 Å². The van der Waals surface area contributed by atoms with Crippen LogP contribution in [0.15, 0.2) is 85.1 Å². The Morgan fingerprint density at radius 3 is 2.14 bits per heavy atom. The van der Waals surface area contributed by atoms with Gasteiger partial charge in [0.1, 0.15) is 5.82 Å². The molecular formula is C25H21N3. The Labute approximate surface area is 165 Å². The number of imidazole rings is 1. The Hall–Kier alpha value is -3.64. The lowest BCUT2D eigenvalue weighted by atomic mass is 10.0. The van der Waals surface area contributed by atoms with Crippen molar-refractivity contribution in [1.29, 1.82) is 5.26 Å². The molecule has 1 heterocycles. The third-order valence-electron chi connectivity index (χ3n) is 5.01. The van der Waals surface area contributed by atoms with Gasteiger partial charge in [0.05, 0.1) is 11.6 Å². The first-order valence-corrected chi connectivity index (χ1v) is 9.37. The molecule has 0 saturated heterocycles. The van der Waals surface area contributed by atoms with Crippen molar-refractivity contribution in [3.8, 4) is 17.2 Å². The highest BCUT2D eigenvalue weighted by atomic mass is 15.1. The van der Waals surface area contributed by atoms with Gasteiger partial charge < -0.3 is 4.57 Å². The number of hydrogen-bond donors (Lipinski definition) is 0. The Kier molecular flexibility index (Phi) is 5.03. The van der Waals surface area contributed by atoms with E-state index in [9.17, 15) is 0 Å². The van der Waals surface area contributed by atoms with Crippen LogP contribution >= 0.6 is 0 Å². The van der Waals surface area contributed by atoms with Gasteiger partial charge in [0.15, 0.2) is 0 Å². The maximum absolute atomic E-state index is 8.96. The molecule has 0 fully saturated rings. The van der Waals surface area contributed by atoms with Crippen LogP contribution in [0.5, 0.6) is 0 Å². The summed E-state index contributed by atoms with van der Waals surface area (Å²) in [6, 6.07) is 29.1. The van der Waals surface area contributed by atoms with Crippen molar-refractivity contribution in [2.75, 3.05) is 0 Å². The molecule has 3 heteroatoms. The summed E-state index contributed by atoms with van der Waals surface area (Å²) in [7, 11) is 0. The van der Waals surface area contributed by atoms with E-state index in [0.29, 0.717) is 5.56 Å². The number of hydrogen-bond acceptors (Lipinski definition) is 2. The first-order chi connectivity index (χ1) is 13.7. The second-order valence-corrected chi connectivity index (χ2v) is 6.93. The smallest absolute Gasteiger partial charge is 0.106 e. The van der Waals surface area contributed by atoms with E-state index < -0.39 is 0 Å². The van der Waals surface area contributed by atoms with Crippen molar-refractivity contribution in [1.82, 2.24) is 9.55 Å². The molecule has 0 atom stereocenters. The minimum absolute atomic E-state index is 0.685. The van der Waals surface area contributed by atoms with E-state index in [1.807, 2.05) is 43.5 Å². The average Bonchev–Trinajstić information content (AvgIpc) is 3.09. The largest absolute Gasteiger partial charge is 0.328 e. The average molecular weight is 363 g/mol. The highest BCUT2D eigenvalue weighted by molar-refractivity contribution is 5.63. The first kappa shape index (κ1) is 17.8. The van der Waals surface area contributed by atoms with Crippen molar-refractivity contribution >= 4 is 0 Å². The summed E-state index contributed by atoms with van der Waals surface area (Å²) in [5.41, 5.74) is 6.77. The lowest BCUT2D eigenvalue weighted by Gasteiger charge is -2.11. The molecule has 4 aromatic rings. The Balaban J connectivity index is 1.53. The summed E-state index contributed by atoms with van der Waals surface area (Å²) in [4.78, 5) is 4.52. The zero-order valence-corrected chi connectivity index (χ0v) is 15.8. The third-order valence-corrected chi connectivity index (χ3v) is 5.01. The lowest BCUT2D eigenvalue weighted by Crippen LogP contribution is -2.07. The third kappa shape index (κ3) is 3.87. The Morgan fingerprint density at radius 2 is 1.46 bits per heavy atom. The standard InChI is InChI=1S/C25H21N3/c1-19-27-17-25(28(19)18-22-9-7-21(16-26)8-10-22)15-20-11-13-24(14-12-20)23-5-3-2-4-6-23/h2-14,17H,15,18H2,1H3. The maximum atomic E-state index is 8.96. The zero-order chi connectivity index (χ0) is 19.3. The molecule has 136 valence electrons. The van der Waals surface area contributed by atoms with Gasteiger partial charge in [-0.05, 0) is 41.3 Å². The molecule has 0 N–H and O–H groups in total. The monoisotopic (exact) mass is 363 g/mol. The van der Waals surface area contributed by atoms with E-state index in [1.165, 1.54) is 27.9 Å². The SMILES string of the molecule is Cc1ncc(Cc2ccc(-c3ccccc3)cc2)n1Cc1ccc(C#N)cc1. The molecule has 4 rings (SSSR count). The molecule has 0 bridgehead atoms. The molecule has 0 spiro atoms. The van der Waals surface area contributed by atoms with Crippen LogP contribution in [-0.4, -0.2) is 9.55 Å². The number of rotatable bonds is 5. The lowest BCUT2D eigenvalue weighted by molar-refractivity contribution is 0.724. The molecule has 3 aromatic carbocycles. The van der Waals surface area contributed by atoms with Crippen molar-refractivity contribution in [2.45, 2.75) is 19.9 Å². The van der Waals surface area contributed by atoms with Crippen molar-refractivity contribution in [3.63, 3.8) is 0 Å². The number of nitriles is 1. The molecule has 1 aromatic heterocycles. The van der Waals surface area contributed by atoms with E-state index >= 15 is 0 Å². The van der Waals surface area contributed by atoms with Crippen molar-refractivity contribution < 1.29 is 0 Å². The van der Waals surface area contributed by atoms with Crippen LogP contribution in [0, 0.1) is 18.3 Å². The van der Waals surface area contributed by atoms with Crippen LogP contribution in [-0.2, 0) is 13.0 Å². The molecule has 0 radical (unpaired) electrons. The molecule has 0 amide bonds. The minimum Gasteiger partial charge on any atom is -0.328 e. The summed E-state index contributed by atoms with van der Waals surface area (Å²) in [6.07, 6.45) is 2.80. The quantitative estimate of drug-likeness (QED) is 0.478. The van der Waals surface area contributed by atoms with Crippen LogP contribution in [0.2, 0.25) is 0 Å². The minimum atomic E-state index is 0.685. The predicted octanol–water partition coefficient (Wildman–Crippen LogP) is 5.37. The van der Waals surface area contributed by atoms with Gasteiger partial charge in [0.25, 0.3) is 0 Å². The van der Waals surface area contributed by atoms with Gasteiger partial charge in [0.2, 0.25) is 0 Å². The van der Waals surface area contributed by atoms with E-state index in [2.05, 4.69) is 64.2 Å². The molecule has 0 aliphatic rings. The zero-order valence-electron chi connectivity index (χ0n) is 15.8. The van der Waals surface area contributed by atoms with Crippen LogP contribution in [0.25, 0.3) is 11.1 Å². The number of aromatic nitrogens is 2. The molecular weight excluding hydrogens is 342 g/mol. The van der Waals surface area contributed by atoms with Gasteiger partial charge in [-0.25, -0.2) is 4.98 Å². The summed E-state index contributed by atoms with van der Waals surface area (Å²) >= 11 is 0. The first-order valence-electron chi connectivity index (χ1n) is 9.37. The summed E-state index contributed by atoms with van der Waals surface area (Å²) in [5.74, 6) is 1.00. The highest BCUT2D eigenvalue weighted by Gasteiger charge is 2.09. The Morgan fingerprint density at radius 1 is 0.821 bits per heavy atom. The van der Waals surface area contributed by atoms with E-state index in [4.69, 9.17) is 5.26 Å². The second kappa shape index (κ2) is 7.94. The number of aryl methyl sites for hydroxylation is 1.